The first-order valence-corrected chi connectivity index (χ1v) is 10.4. The van der Waals surface area contributed by atoms with Crippen LogP contribution in [0.15, 0.2) is 65.6 Å². The summed E-state index contributed by atoms with van der Waals surface area (Å²) in [6.07, 6.45) is 0. The van der Waals surface area contributed by atoms with Gasteiger partial charge in [-0.05, 0) is 42.0 Å². The molecule has 0 spiro atoms. The van der Waals surface area contributed by atoms with Gasteiger partial charge in [-0.3, -0.25) is 4.79 Å². The molecular weight excluding hydrogens is 392 g/mol. The van der Waals surface area contributed by atoms with Crippen LogP contribution in [-0.4, -0.2) is 34.6 Å². The Bertz CT molecular complexity index is 1140. The van der Waals surface area contributed by atoms with Gasteiger partial charge in [-0.2, -0.15) is 4.72 Å². The zero-order valence-corrected chi connectivity index (χ0v) is 17.1. The maximum absolute atomic E-state index is 12.7. The number of benzene rings is 3. The summed E-state index contributed by atoms with van der Waals surface area (Å²) in [7, 11) is -0.900. The van der Waals surface area contributed by atoms with Crippen molar-refractivity contribution in [1.82, 2.24) is 4.72 Å². The zero-order chi connectivity index (χ0) is 21.0. The minimum Gasteiger partial charge on any atom is -0.497 e. The summed E-state index contributed by atoms with van der Waals surface area (Å²) in [5.41, 5.74) is 0.383. The number of methoxy groups -OCH3 is 2. The van der Waals surface area contributed by atoms with E-state index in [1.54, 1.807) is 30.3 Å². The third kappa shape index (κ3) is 4.67. The average molecular weight is 414 g/mol. The molecule has 2 N–H and O–H groups in total. The van der Waals surface area contributed by atoms with Gasteiger partial charge in [0.1, 0.15) is 11.5 Å². The predicted octanol–water partition coefficient (Wildman–Crippen LogP) is 3.16. The fourth-order valence-corrected chi connectivity index (χ4v) is 4.08. The Morgan fingerprint density at radius 3 is 2.34 bits per heavy atom. The molecule has 29 heavy (non-hydrogen) atoms. The number of anilines is 1. The molecule has 0 aliphatic carbocycles. The molecule has 0 saturated carbocycles. The number of amides is 1. The molecule has 1 atom stereocenters. The largest absolute Gasteiger partial charge is 0.497 e. The number of hydrogen-bond donors (Lipinski definition) is 2. The summed E-state index contributed by atoms with van der Waals surface area (Å²) in [4.78, 5) is 12.7. The Kier molecular flexibility index (Phi) is 6.05. The van der Waals surface area contributed by atoms with Gasteiger partial charge in [0.25, 0.3) is 0 Å². The van der Waals surface area contributed by atoms with Gasteiger partial charge in [0, 0.05) is 6.07 Å². The van der Waals surface area contributed by atoms with Gasteiger partial charge in [-0.15, -0.1) is 0 Å². The van der Waals surface area contributed by atoms with Crippen molar-refractivity contribution in [2.45, 2.75) is 17.9 Å². The van der Waals surface area contributed by atoms with Gasteiger partial charge in [0.2, 0.25) is 15.9 Å². The van der Waals surface area contributed by atoms with Gasteiger partial charge in [-0.1, -0.05) is 30.3 Å². The van der Waals surface area contributed by atoms with Crippen LogP contribution in [0.2, 0.25) is 0 Å². The van der Waals surface area contributed by atoms with Crippen LogP contribution in [0.25, 0.3) is 10.8 Å². The molecule has 0 radical (unpaired) electrons. The van der Waals surface area contributed by atoms with Crippen molar-refractivity contribution >= 4 is 32.4 Å². The summed E-state index contributed by atoms with van der Waals surface area (Å²) in [6.45, 7) is 1.47. The van der Waals surface area contributed by atoms with E-state index in [9.17, 15) is 13.2 Å². The van der Waals surface area contributed by atoms with Crippen molar-refractivity contribution in [1.29, 1.82) is 0 Å². The second kappa shape index (κ2) is 8.50. The predicted molar refractivity (Wildman–Crippen MR) is 112 cm³/mol. The lowest BCUT2D eigenvalue weighted by molar-refractivity contribution is -0.117. The standard InChI is InChI=1S/C21H22N2O5S/c1-14(21(24)22-19-13-17(27-2)9-11-20(19)28-3)23-29(25,26)18-10-8-15-6-4-5-7-16(15)12-18/h4-14,23H,1-3H3,(H,22,24)/t14-/m1/s1. The molecule has 0 saturated heterocycles. The first kappa shape index (κ1) is 20.6. The molecule has 0 aromatic heterocycles. The SMILES string of the molecule is COc1ccc(OC)c(NC(=O)[C@@H](C)NS(=O)(=O)c2ccc3ccccc3c2)c1. The highest BCUT2D eigenvalue weighted by molar-refractivity contribution is 7.89. The lowest BCUT2D eigenvalue weighted by atomic mass is 10.1. The third-order valence-corrected chi connectivity index (χ3v) is 5.96. The van der Waals surface area contributed by atoms with Crippen LogP contribution in [0, 0.1) is 0 Å². The highest BCUT2D eigenvalue weighted by Gasteiger charge is 2.23. The molecule has 8 heteroatoms. The van der Waals surface area contributed by atoms with E-state index in [0.29, 0.717) is 17.2 Å². The van der Waals surface area contributed by atoms with Gasteiger partial charge < -0.3 is 14.8 Å². The van der Waals surface area contributed by atoms with Crippen LogP contribution in [0.1, 0.15) is 6.92 Å². The minimum atomic E-state index is -3.88. The number of ether oxygens (including phenoxy) is 2. The van der Waals surface area contributed by atoms with E-state index in [1.165, 1.54) is 27.2 Å². The molecule has 1 amide bonds. The first-order valence-electron chi connectivity index (χ1n) is 8.88. The van der Waals surface area contributed by atoms with E-state index in [1.807, 2.05) is 24.3 Å². The van der Waals surface area contributed by atoms with Gasteiger partial charge in [-0.25, -0.2) is 8.42 Å². The van der Waals surface area contributed by atoms with Crippen LogP contribution in [0.4, 0.5) is 5.69 Å². The maximum atomic E-state index is 12.7. The third-order valence-electron chi connectivity index (χ3n) is 4.42. The smallest absolute Gasteiger partial charge is 0.242 e. The number of nitrogens with one attached hydrogen (secondary N) is 2. The van der Waals surface area contributed by atoms with E-state index in [4.69, 9.17) is 9.47 Å². The summed E-state index contributed by atoms with van der Waals surface area (Å²) < 4.78 is 38.3. The van der Waals surface area contributed by atoms with Crippen LogP contribution in [0.5, 0.6) is 11.5 Å². The van der Waals surface area contributed by atoms with Crippen molar-refractivity contribution in [2.75, 3.05) is 19.5 Å². The zero-order valence-electron chi connectivity index (χ0n) is 16.3. The fourth-order valence-electron chi connectivity index (χ4n) is 2.84. The van der Waals surface area contributed by atoms with Crippen molar-refractivity contribution in [2.24, 2.45) is 0 Å². The molecule has 3 aromatic carbocycles. The van der Waals surface area contributed by atoms with Crippen LogP contribution < -0.4 is 19.5 Å². The molecule has 152 valence electrons. The summed E-state index contributed by atoms with van der Waals surface area (Å²) in [5, 5.41) is 4.40. The number of hydrogen-bond acceptors (Lipinski definition) is 5. The Balaban J connectivity index is 1.77. The highest BCUT2D eigenvalue weighted by atomic mass is 32.2. The van der Waals surface area contributed by atoms with Gasteiger partial charge in [0.05, 0.1) is 30.8 Å². The van der Waals surface area contributed by atoms with E-state index < -0.39 is 22.0 Å². The molecule has 3 rings (SSSR count). The van der Waals surface area contributed by atoms with Gasteiger partial charge in [0.15, 0.2) is 0 Å². The minimum absolute atomic E-state index is 0.0924. The Morgan fingerprint density at radius 2 is 1.66 bits per heavy atom. The summed E-state index contributed by atoms with van der Waals surface area (Å²) in [5.74, 6) is 0.440. The van der Waals surface area contributed by atoms with Crippen LogP contribution >= 0.6 is 0 Å². The highest BCUT2D eigenvalue weighted by Crippen LogP contribution is 2.29. The second-order valence-electron chi connectivity index (χ2n) is 6.41. The topological polar surface area (TPSA) is 93.7 Å². The average Bonchev–Trinajstić information content (AvgIpc) is 2.72. The Hall–Kier alpha value is -3.10. The number of carbonyl (C=O) groups excluding carboxylic acids is 1. The lowest BCUT2D eigenvalue weighted by Gasteiger charge is -2.16. The molecule has 0 aliphatic heterocycles. The Morgan fingerprint density at radius 1 is 0.931 bits per heavy atom. The molecule has 0 aliphatic rings. The van der Waals surface area contributed by atoms with Crippen LogP contribution in [-0.2, 0) is 14.8 Å². The second-order valence-corrected chi connectivity index (χ2v) is 8.12. The molecular formula is C21H22N2O5S. The maximum Gasteiger partial charge on any atom is 0.242 e. The normalized spacial score (nSPS) is 12.4. The fraction of sp³-hybridized carbons (Fsp3) is 0.190. The first-order chi connectivity index (χ1) is 13.8. The number of rotatable bonds is 7. The van der Waals surface area contributed by atoms with E-state index in [2.05, 4.69) is 10.0 Å². The molecule has 0 heterocycles. The molecule has 7 nitrogen and oxygen atoms in total. The van der Waals surface area contributed by atoms with Gasteiger partial charge >= 0.3 is 0 Å². The monoisotopic (exact) mass is 414 g/mol. The molecule has 0 unspecified atom stereocenters. The Labute approximate surface area is 169 Å². The van der Waals surface area contributed by atoms with Crippen molar-refractivity contribution in [3.8, 4) is 11.5 Å². The molecule has 3 aromatic rings. The van der Waals surface area contributed by atoms with Crippen molar-refractivity contribution in [3.63, 3.8) is 0 Å². The number of fused-ring (bicyclic) bond motifs is 1. The van der Waals surface area contributed by atoms with E-state index >= 15 is 0 Å². The van der Waals surface area contributed by atoms with E-state index in [-0.39, 0.29) is 4.90 Å². The van der Waals surface area contributed by atoms with Crippen LogP contribution in [0.3, 0.4) is 0 Å². The molecule has 0 fully saturated rings. The summed E-state index contributed by atoms with van der Waals surface area (Å²) >= 11 is 0. The van der Waals surface area contributed by atoms with Crippen molar-refractivity contribution < 1.29 is 22.7 Å². The quantitative estimate of drug-likeness (QED) is 0.619. The lowest BCUT2D eigenvalue weighted by Crippen LogP contribution is -2.41. The number of carbonyl (C=O) groups is 1. The van der Waals surface area contributed by atoms with E-state index in [0.717, 1.165) is 10.8 Å². The van der Waals surface area contributed by atoms with Crippen molar-refractivity contribution in [3.05, 3.63) is 60.7 Å². The molecule has 0 bridgehead atoms. The summed E-state index contributed by atoms with van der Waals surface area (Å²) in [6, 6.07) is 16.2. The number of sulfonamides is 1.